The van der Waals surface area contributed by atoms with Crippen LogP contribution in [0.15, 0.2) is 0 Å². The van der Waals surface area contributed by atoms with Gasteiger partial charge in [-0.15, -0.1) is 0 Å². The molecule has 3 heteroatoms. The van der Waals surface area contributed by atoms with E-state index in [0.717, 1.165) is 38.6 Å². The molecule has 2 fully saturated rings. The van der Waals surface area contributed by atoms with Crippen LogP contribution in [-0.2, 0) is 9.47 Å². The zero-order valence-corrected chi connectivity index (χ0v) is 8.13. The first-order valence-corrected chi connectivity index (χ1v) is 5.23. The summed E-state index contributed by atoms with van der Waals surface area (Å²) in [5, 5.41) is 0. The average molecular weight is 185 g/mol. The molecule has 2 aliphatic rings. The second-order valence-corrected chi connectivity index (χ2v) is 4.43. The summed E-state index contributed by atoms with van der Waals surface area (Å²) in [7, 11) is 0. The first-order valence-electron chi connectivity index (χ1n) is 5.23. The van der Waals surface area contributed by atoms with Crippen molar-refractivity contribution < 1.29 is 9.47 Å². The van der Waals surface area contributed by atoms with Crippen LogP contribution < -0.4 is 5.73 Å². The minimum Gasteiger partial charge on any atom is -0.381 e. The highest BCUT2D eigenvalue weighted by atomic mass is 16.5. The van der Waals surface area contributed by atoms with Crippen molar-refractivity contribution in [3.63, 3.8) is 0 Å². The largest absolute Gasteiger partial charge is 0.381 e. The molecular formula is C10H19NO2. The maximum atomic E-state index is 6.16. The van der Waals surface area contributed by atoms with Gasteiger partial charge >= 0.3 is 0 Å². The molecule has 1 aliphatic carbocycles. The van der Waals surface area contributed by atoms with E-state index >= 15 is 0 Å². The summed E-state index contributed by atoms with van der Waals surface area (Å²) in [6.45, 7) is 3.22. The van der Waals surface area contributed by atoms with Gasteiger partial charge in [-0.25, -0.2) is 0 Å². The summed E-state index contributed by atoms with van der Waals surface area (Å²) >= 11 is 0. The van der Waals surface area contributed by atoms with E-state index in [2.05, 4.69) is 0 Å². The smallest absolute Gasteiger partial charge is 0.0648 e. The SMILES string of the molecule is NC1(COCC2CC2)CCOCC1. The molecule has 76 valence electrons. The lowest BCUT2D eigenvalue weighted by Gasteiger charge is -2.32. The Morgan fingerprint density at radius 2 is 2.00 bits per heavy atom. The third-order valence-corrected chi connectivity index (χ3v) is 2.93. The number of hydrogen-bond donors (Lipinski definition) is 1. The van der Waals surface area contributed by atoms with Crippen LogP contribution >= 0.6 is 0 Å². The summed E-state index contributed by atoms with van der Waals surface area (Å²) in [5.41, 5.74) is 6.06. The summed E-state index contributed by atoms with van der Waals surface area (Å²) in [5.74, 6) is 0.837. The number of rotatable bonds is 4. The molecular weight excluding hydrogens is 166 g/mol. The zero-order valence-electron chi connectivity index (χ0n) is 8.13. The van der Waals surface area contributed by atoms with E-state index in [-0.39, 0.29) is 5.54 Å². The van der Waals surface area contributed by atoms with Crippen molar-refractivity contribution in [2.75, 3.05) is 26.4 Å². The Morgan fingerprint density at radius 3 is 2.62 bits per heavy atom. The molecule has 0 aromatic carbocycles. The highest BCUT2D eigenvalue weighted by Crippen LogP contribution is 2.29. The quantitative estimate of drug-likeness (QED) is 0.708. The van der Waals surface area contributed by atoms with Crippen molar-refractivity contribution in [1.82, 2.24) is 0 Å². The molecule has 13 heavy (non-hydrogen) atoms. The number of nitrogens with two attached hydrogens (primary N) is 1. The van der Waals surface area contributed by atoms with Crippen LogP contribution in [0.1, 0.15) is 25.7 Å². The van der Waals surface area contributed by atoms with Gasteiger partial charge in [-0.3, -0.25) is 0 Å². The Hall–Kier alpha value is -0.120. The molecule has 2 N–H and O–H groups in total. The lowest BCUT2D eigenvalue weighted by atomic mass is 9.92. The fourth-order valence-electron chi connectivity index (χ4n) is 1.64. The Labute approximate surface area is 79.6 Å². The highest BCUT2D eigenvalue weighted by Gasteiger charge is 2.29. The van der Waals surface area contributed by atoms with Crippen molar-refractivity contribution in [3.05, 3.63) is 0 Å². The summed E-state index contributed by atoms with van der Waals surface area (Å²) in [6.07, 6.45) is 4.58. The predicted molar refractivity (Wildman–Crippen MR) is 50.5 cm³/mol. The van der Waals surface area contributed by atoms with Gasteiger partial charge < -0.3 is 15.2 Å². The summed E-state index contributed by atoms with van der Waals surface area (Å²) in [6, 6.07) is 0. The molecule has 0 spiro atoms. The molecule has 0 radical (unpaired) electrons. The van der Waals surface area contributed by atoms with Crippen molar-refractivity contribution in [2.24, 2.45) is 11.7 Å². The maximum absolute atomic E-state index is 6.16. The molecule has 1 saturated carbocycles. The summed E-state index contributed by atoms with van der Waals surface area (Å²) in [4.78, 5) is 0. The number of hydrogen-bond acceptors (Lipinski definition) is 3. The summed E-state index contributed by atoms with van der Waals surface area (Å²) < 4.78 is 10.9. The van der Waals surface area contributed by atoms with Gasteiger partial charge in [-0.05, 0) is 31.6 Å². The lowest BCUT2D eigenvalue weighted by molar-refractivity contribution is 0.00252. The van der Waals surface area contributed by atoms with Gasteiger partial charge in [0.25, 0.3) is 0 Å². The van der Waals surface area contributed by atoms with Gasteiger partial charge in [-0.2, -0.15) is 0 Å². The first kappa shape index (κ1) is 9.44. The van der Waals surface area contributed by atoms with Gasteiger partial charge in [0, 0.05) is 25.4 Å². The minimum atomic E-state index is -0.104. The van der Waals surface area contributed by atoms with Crippen molar-refractivity contribution in [1.29, 1.82) is 0 Å². The van der Waals surface area contributed by atoms with Crippen LogP contribution in [-0.4, -0.2) is 32.0 Å². The minimum absolute atomic E-state index is 0.104. The Kier molecular flexibility index (Phi) is 2.86. The Morgan fingerprint density at radius 1 is 1.31 bits per heavy atom. The Balaban J connectivity index is 1.64. The van der Waals surface area contributed by atoms with Crippen LogP contribution in [0.4, 0.5) is 0 Å². The molecule has 1 heterocycles. The molecule has 2 rings (SSSR count). The van der Waals surface area contributed by atoms with Crippen molar-refractivity contribution >= 4 is 0 Å². The van der Waals surface area contributed by atoms with Gasteiger partial charge in [0.05, 0.1) is 6.61 Å². The Bertz CT molecular complexity index is 162. The normalized spacial score (nSPS) is 27.5. The fourth-order valence-corrected chi connectivity index (χ4v) is 1.64. The molecule has 0 unspecified atom stereocenters. The highest BCUT2D eigenvalue weighted by molar-refractivity contribution is 4.86. The van der Waals surface area contributed by atoms with E-state index in [1.807, 2.05) is 0 Å². The van der Waals surface area contributed by atoms with Crippen molar-refractivity contribution in [3.8, 4) is 0 Å². The van der Waals surface area contributed by atoms with E-state index in [1.54, 1.807) is 0 Å². The lowest BCUT2D eigenvalue weighted by Crippen LogP contribution is -2.49. The van der Waals surface area contributed by atoms with E-state index in [1.165, 1.54) is 12.8 Å². The van der Waals surface area contributed by atoms with Gasteiger partial charge in [0.1, 0.15) is 0 Å². The fraction of sp³-hybridized carbons (Fsp3) is 1.00. The molecule has 0 atom stereocenters. The topological polar surface area (TPSA) is 44.5 Å². The third-order valence-electron chi connectivity index (χ3n) is 2.93. The van der Waals surface area contributed by atoms with Gasteiger partial charge in [0.15, 0.2) is 0 Å². The molecule has 0 aromatic heterocycles. The predicted octanol–water partition coefficient (Wildman–Crippen LogP) is 0.921. The second kappa shape index (κ2) is 3.95. The molecule has 0 amide bonds. The van der Waals surface area contributed by atoms with E-state index in [4.69, 9.17) is 15.2 Å². The molecule has 1 aliphatic heterocycles. The second-order valence-electron chi connectivity index (χ2n) is 4.43. The van der Waals surface area contributed by atoms with Crippen LogP contribution in [0.5, 0.6) is 0 Å². The third kappa shape index (κ3) is 2.93. The maximum Gasteiger partial charge on any atom is 0.0648 e. The monoisotopic (exact) mass is 185 g/mol. The van der Waals surface area contributed by atoms with E-state index < -0.39 is 0 Å². The van der Waals surface area contributed by atoms with Gasteiger partial charge in [0.2, 0.25) is 0 Å². The molecule has 0 bridgehead atoms. The molecule has 0 aromatic rings. The molecule has 3 nitrogen and oxygen atoms in total. The van der Waals surface area contributed by atoms with Crippen LogP contribution in [0.2, 0.25) is 0 Å². The van der Waals surface area contributed by atoms with Gasteiger partial charge in [-0.1, -0.05) is 0 Å². The first-order chi connectivity index (χ1) is 6.29. The van der Waals surface area contributed by atoms with Crippen LogP contribution in [0.3, 0.4) is 0 Å². The van der Waals surface area contributed by atoms with Crippen molar-refractivity contribution in [2.45, 2.75) is 31.2 Å². The number of ether oxygens (including phenoxy) is 2. The average Bonchev–Trinajstić information content (AvgIpc) is 2.89. The van der Waals surface area contributed by atoms with E-state index in [9.17, 15) is 0 Å². The van der Waals surface area contributed by atoms with Crippen LogP contribution in [0, 0.1) is 5.92 Å². The standard InChI is InChI=1S/C10H19NO2/c11-10(3-5-12-6-4-10)8-13-7-9-1-2-9/h9H,1-8,11H2. The zero-order chi connectivity index (χ0) is 9.15. The van der Waals surface area contributed by atoms with E-state index in [0.29, 0.717) is 6.61 Å². The molecule has 1 saturated heterocycles. The van der Waals surface area contributed by atoms with Crippen LogP contribution in [0.25, 0.3) is 0 Å².